The number of piperazine rings is 1. The maximum atomic E-state index is 13.3. The number of allylic oxidation sites excluding steroid dienone is 6. The molecule has 0 bridgehead atoms. The van der Waals surface area contributed by atoms with Crippen LogP contribution in [0.2, 0.25) is 0 Å². The Hall–Kier alpha value is -3.45. The van der Waals surface area contributed by atoms with E-state index in [1.807, 2.05) is 49.7 Å². The fraction of sp³-hybridized carbons (Fsp3) is 0.320. The lowest BCUT2D eigenvalue weighted by Gasteiger charge is -2.40. The first kappa shape index (κ1) is 19.3. The molecule has 0 saturated carbocycles. The molecule has 1 amide bonds. The second kappa shape index (κ2) is 7.60. The van der Waals surface area contributed by atoms with Gasteiger partial charge in [-0.2, -0.15) is 5.10 Å². The molecule has 0 aromatic carbocycles. The predicted molar refractivity (Wildman–Crippen MR) is 123 cm³/mol. The van der Waals surface area contributed by atoms with Crippen LogP contribution in [0.3, 0.4) is 0 Å². The van der Waals surface area contributed by atoms with E-state index in [0.717, 1.165) is 53.5 Å². The molecule has 4 aliphatic rings. The molecule has 0 aliphatic carbocycles. The summed E-state index contributed by atoms with van der Waals surface area (Å²) in [6, 6.07) is 2.60. The second-order valence-corrected chi connectivity index (χ2v) is 8.85. The van der Waals surface area contributed by atoms with Crippen molar-refractivity contribution >= 4 is 17.0 Å². The molecule has 2 aromatic heterocycles. The van der Waals surface area contributed by atoms with Crippen molar-refractivity contribution in [1.29, 1.82) is 0 Å². The van der Waals surface area contributed by atoms with Gasteiger partial charge in [0.15, 0.2) is 0 Å². The van der Waals surface area contributed by atoms with Crippen molar-refractivity contribution in [3.8, 4) is 0 Å². The Morgan fingerprint density at radius 3 is 2.94 bits per heavy atom. The molecular weight excluding hydrogens is 400 g/mol. The Kier molecular flexibility index (Phi) is 4.57. The van der Waals surface area contributed by atoms with Gasteiger partial charge in [-0.15, -0.1) is 0 Å². The van der Waals surface area contributed by atoms with Crippen LogP contribution < -0.4 is 0 Å². The summed E-state index contributed by atoms with van der Waals surface area (Å²) in [5.41, 5.74) is 5.33. The number of aromatic nitrogens is 3. The number of amides is 1. The molecule has 0 unspecified atom stereocenters. The van der Waals surface area contributed by atoms with E-state index >= 15 is 0 Å². The summed E-state index contributed by atoms with van der Waals surface area (Å²) in [6.45, 7) is 6.30. The Morgan fingerprint density at radius 2 is 2.00 bits per heavy atom. The van der Waals surface area contributed by atoms with Crippen LogP contribution in [0.5, 0.6) is 0 Å². The molecule has 6 heterocycles. The van der Waals surface area contributed by atoms with Gasteiger partial charge in [0.1, 0.15) is 0 Å². The summed E-state index contributed by atoms with van der Waals surface area (Å²) < 4.78 is 1.81. The van der Waals surface area contributed by atoms with Crippen LogP contribution in [-0.4, -0.2) is 67.4 Å². The smallest absolute Gasteiger partial charge is 0.255 e. The minimum Gasteiger partial charge on any atom is -0.367 e. The van der Waals surface area contributed by atoms with Crippen molar-refractivity contribution in [2.24, 2.45) is 0 Å². The lowest BCUT2D eigenvalue weighted by atomic mass is 10.1. The van der Waals surface area contributed by atoms with Gasteiger partial charge in [0, 0.05) is 49.2 Å². The normalized spacial score (nSPS) is 27.7. The van der Waals surface area contributed by atoms with Gasteiger partial charge in [0.2, 0.25) is 0 Å². The highest BCUT2D eigenvalue weighted by Crippen LogP contribution is 2.28. The maximum absolute atomic E-state index is 13.3. The maximum Gasteiger partial charge on any atom is 0.255 e. The minimum atomic E-state index is -0.0664. The average Bonchev–Trinajstić information content (AvgIpc) is 3.43. The molecule has 0 spiro atoms. The number of fused-ring (bicyclic) bond motifs is 3. The third kappa shape index (κ3) is 3.39. The third-order valence-corrected chi connectivity index (χ3v) is 6.75. The number of nitrogens with zero attached hydrogens (tertiary/aromatic N) is 6. The molecular formula is C25H26N6O. The van der Waals surface area contributed by atoms with Crippen molar-refractivity contribution in [1.82, 2.24) is 29.3 Å². The van der Waals surface area contributed by atoms with E-state index in [4.69, 9.17) is 0 Å². The van der Waals surface area contributed by atoms with E-state index in [1.54, 1.807) is 21.7 Å². The molecule has 2 aromatic rings. The number of hydrogen-bond donors (Lipinski definition) is 0. The molecule has 0 N–H and O–H groups in total. The SMILES string of the molecule is Cc1cn2nc(C3=C\C(=O)N4C=C(N5CCN6CCC[C@@H]6C5)C=C\C4=C/C=C/3)cc2cn1. The van der Waals surface area contributed by atoms with Crippen molar-refractivity contribution < 1.29 is 4.79 Å². The summed E-state index contributed by atoms with van der Waals surface area (Å²) in [6.07, 6.45) is 20.0. The highest BCUT2D eigenvalue weighted by Gasteiger charge is 2.32. The van der Waals surface area contributed by atoms with Gasteiger partial charge < -0.3 is 4.90 Å². The van der Waals surface area contributed by atoms with Crippen LogP contribution in [0.4, 0.5) is 0 Å². The molecule has 0 radical (unpaired) electrons. The molecule has 1 atom stereocenters. The van der Waals surface area contributed by atoms with Gasteiger partial charge in [-0.25, -0.2) is 4.52 Å². The van der Waals surface area contributed by atoms with Crippen LogP contribution in [0.15, 0.2) is 72.5 Å². The zero-order valence-corrected chi connectivity index (χ0v) is 18.2. The van der Waals surface area contributed by atoms with E-state index in [9.17, 15) is 4.79 Å². The van der Waals surface area contributed by atoms with E-state index in [1.165, 1.54) is 19.4 Å². The van der Waals surface area contributed by atoms with E-state index in [2.05, 4.69) is 26.0 Å². The Morgan fingerprint density at radius 1 is 1.09 bits per heavy atom. The van der Waals surface area contributed by atoms with Crippen LogP contribution in [0, 0.1) is 6.92 Å². The van der Waals surface area contributed by atoms with Gasteiger partial charge in [-0.3, -0.25) is 19.6 Å². The van der Waals surface area contributed by atoms with Gasteiger partial charge in [-0.1, -0.05) is 12.2 Å². The van der Waals surface area contributed by atoms with Gasteiger partial charge >= 0.3 is 0 Å². The molecule has 7 nitrogen and oxygen atoms in total. The number of carbonyl (C=O) groups is 1. The minimum absolute atomic E-state index is 0.0664. The van der Waals surface area contributed by atoms with Gasteiger partial charge in [-0.05, 0) is 50.6 Å². The highest BCUT2D eigenvalue weighted by atomic mass is 16.2. The number of hydrogen-bond acceptors (Lipinski definition) is 5. The average molecular weight is 427 g/mol. The molecule has 7 heteroatoms. The molecule has 4 aliphatic heterocycles. The predicted octanol–water partition coefficient (Wildman–Crippen LogP) is 2.89. The summed E-state index contributed by atoms with van der Waals surface area (Å²) in [4.78, 5) is 24.4. The topological polar surface area (TPSA) is 57.0 Å². The van der Waals surface area contributed by atoms with E-state index in [0.29, 0.717) is 6.04 Å². The van der Waals surface area contributed by atoms with Crippen molar-refractivity contribution in [2.45, 2.75) is 25.8 Å². The second-order valence-electron chi connectivity index (χ2n) is 8.85. The highest BCUT2D eigenvalue weighted by molar-refractivity contribution is 5.99. The van der Waals surface area contributed by atoms with Crippen LogP contribution in [-0.2, 0) is 4.79 Å². The zero-order chi connectivity index (χ0) is 21.7. The van der Waals surface area contributed by atoms with E-state index in [-0.39, 0.29) is 5.91 Å². The summed E-state index contributed by atoms with van der Waals surface area (Å²) >= 11 is 0. The first-order valence-electron chi connectivity index (χ1n) is 11.3. The van der Waals surface area contributed by atoms with Crippen molar-refractivity contribution in [3.05, 3.63) is 83.9 Å². The monoisotopic (exact) mass is 426 g/mol. The number of aryl methyl sites for hydroxylation is 1. The lowest BCUT2D eigenvalue weighted by molar-refractivity contribution is -0.122. The Balaban J connectivity index is 1.30. The molecule has 32 heavy (non-hydrogen) atoms. The number of rotatable bonds is 2. The van der Waals surface area contributed by atoms with Gasteiger partial charge in [0.05, 0.1) is 35.0 Å². The fourth-order valence-electron chi connectivity index (χ4n) is 5.03. The zero-order valence-electron chi connectivity index (χ0n) is 18.2. The quantitative estimate of drug-likeness (QED) is 0.739. The standard InChI is InChI=1S/C25H26N6O/c1-18-15-31-23(14-26-18)13-24(27-31)19-4-2-5-20-7-8-22(17-30(20)25(32)12-19)29-11-10-28-9-3-6-21(28)16-29/h2,4-5,7-8,12-15,17,21H,3,6,9-11,16H2,1H3/b4-2+,19-12+,20-5+/t21-/m1/s1. The summed E-state index contributed by atoms with van der Waals surface area (Å²) in [5, 5.41) is 4.65. The largest absolute Gasteiger partial charge is 0.367 e. The Labute approximate surface area is 187 Å². The summed E-state index contributed by atoms with van der Waals surface area (Å²) in [5.74, 6) is -0.0664. The molecule has 6 rings (SSSR count). The third-order valence-electron chi connectivity index (χ3n) is 6.75. The number of carbonyl (C=O) groups excluding carboxylic acids is 1. The van der Waals surface area contributed by atoms with Crippen LogP contribution in [0.25, 0.3) is 11.1 Å². The first-order chi connectivity index (χ1) is 15.6. The van der Waals surface area contributed by atoms with Crippen molar-refractivity contribution in [2.75, 3.05) is 26.2 Å². The molecule has 162 valence electrons. The van der Waals surface area contributed by atoms with Crippen LogP contribution >= 0.6 is 0 Å². The first-order valence-corrected chi connectivity index (χ1v) is 11.3. The lowest BCUT2D eigenvalue weighted by Crippen LogP contribution is -2.49. The molecule has 2 fully saturated rings. The van der Waals surface area contributed by atoms with Crippen LogP contribution in [0.1, 0.15) is 24.2 Å². The summed E-state index contributed by atoms with van der Waals surface area (Å²) in [7, 11) is 0. The van der Waals surface area contributed by atoms with E-state index < -0.39 is 0 Å². The Bertz CT molecular complexity index is 1250. The molecule has 2 saturated heterocycles. The van der Waals surface area contributed by atoms with Gasteiger partial charge in [0.25, 0.3) is 5.91 Å². The fourth-order valence-corrected chi connectivity index (χ4v) is 5.03. The van der Waals surface area contributed by atoms with Crippen molar-refractivity contribution in [3.63, 3.8) is 0 Å².